The van der Waals surface area contributed by atoms with E-state index in [1.807, 2.05) is 0 Å². The molecule has 0 aliphatic carbocycles. The van der Waals surface area contributed by atoms with Gasteiger partial charge in [0.15, 0.2) is 0 Å². The van der Waals surface area contributed by atoms with Crippen molar-refractivity contribution >= 4 is 18.6 Å². The summed E-state index contributed by atoms with van der Waals surface area (Å²) in [5, 5.41) is 0. The van der Waals surface area contributed by atoms with E-state index in [2.05, 4.69) is 30.9 Å². The summed E-state index contributed by atoms with van der Waals surface area (Å²) in [4.78, 5) is 0. The summed E-state index contributed by atoms with van der Waals surface area (Å²) in [6.45, 7) is 7.08. The zero-order chi connectivity index (χ0) is 6.08. The summed E-state index contributed by atoms with van der Waals surface area (Å²) in [6, 6.07) is 0. The first-order valence-corrected chi connectivity index (χ1v) is 6.96. The Bertz CT molecular complexity index is 59.5. The third-order valence-electron chi connectivity index (χ3n) is 1.34. The molecular weight excluding hydrogens is 313 g/mol. The molecule has 0 saturated heterocycles. The molecule has 0 aromatic carbocycles. The van der Waals surface area contributed by atoms with Crippen LogP contribution in [-0.4, -0.2) is 29.9 Å². The minimum atomic E-state index is -0.840. The first kappa shape index (κ1) is 11.8. The maximum Gasteiger partial charge on any atom is 0.111 e. The van der Waals surface area contributed by atoms with Gasteiger partial charge in [0.1, 0.15) is 8.24 Å². The zero-order valence-corrected chi connectivity index (χ0v) is 11.5. The van der Waals surface area contributed by atoms with Crippen LogP contribution in [0.4, 0.5) is 0 Å². The maximum atomic E-state index is 2.47. The number of hydrogen-bond donors (Lipinski definition) is 0. The van der Waals surface area contributed by atoms with Crippen molar-refractivity contribution in [3.8, 4) is 0 Å². The Hall–Kier alpha value is 1.08. The number of nitrogens with zero attached hydrogens (tertiary/aromatic N) is 1. The zero-order valence-electron chi connectivity index (χ0n) is 6.26. The second-order valence-electron chi connectivity index (χ2n) is 3.07. The Balaban J connectivity index is 0. The number of hydrogen-bond acceptors (Lipinski definition) is 1. The van der Waals surface area contributed by atoms with E-state index in [4.69, 9.17) is 0 Å². The van der Waals surface area contributed by atoms with Gasteiger partial charge in [0.05, 0.1) is 10.4 Å². The van der Waals surface area contributed by atoms with Gasteiger partial charge in [-0.05, 0) is 7.05 Å². The summed E-state index contributed by atoms with van der Waals surface area (Å²) in [5.41, 5.74) is 0. The molecular formula is C4H15NPtSi2. The Morgan fingerprint density at radius 2 is 1.38 bits per heavy atom. The molecule has 0 amide bonds. The standard InChI is InChI=1S/C4H15NSi2.Pt/c1-5(6)7(2,3)4;/h1-4,6H3;. The molecule has 8 heavy (non-hydrogen) atoms. The Morgan fingerprint density at radius 1 is 1.25 bits per heavy atom. The predicted octanol–water partition coefficient (Wildman–Crippen LogP) is 0.0310. The molecule has 0 unspecified atom stereocenters. The van der Waals surface area contributed by atoms with E-state index < -0.39 is 8.24 Å². The van der Waals surface area contributed by atoms with Gasteiger partial charge in [-0.3, -0.25) is 0 Å². The monoisotopic (exact) mass is 328 g/mol. The quantitative estimate of drug-likeness (QED) is 0.614. The van der Waals surface area contributed by atoms with E-state index in [9.17, 15) is 0 Å². The van der Waals surface area contributed by atoms with Gasteiger partial charge in [0.25, 0.3) is 0 Å². The molecule has 1 nitrogen and oxygen atoms in total. The molecule has 0 N–H and O–H groups in total. The van der Waals surface area contributed by atoms with Crippen molar-refractivity contribution in [2.45, 2.75) is 19.6 Å². The second kappa shape index (κ2) is 3.99. The van der Waals surface area contributed by atoms with E-state index in [0.717, 1.165) is 0 Å². The van der Waals surface area contributed by atoms with Gasteiger partial charge in [-0.15, -0.1) is 0 Å². The molecule has 0 aliphatic rings. The summed E-state index contributed by atoms with van der Waals surface area (Å²) in [6.07, 6.45) is 0. The molecule has 0 aromatic rings. The summed E-state index contributed by atoms with van der Waals surface area (Å²) in [5.74, 6) is 0. The third kappa shape index (κ3) is 5.22. The molecule has 0 radical (unpaired) electrons. The summed E-state index contributed by atoms with van der Waals surface area (Å²) >= 11 is 0. The van der Waals surface area contributed by atoms with Crippen LogP contribution in [0.2, 0.25) is 19.6 Å². The molecule has 0 spiro atoms. The largest absolute Gasteiger partial charge is 0.356 e. The average Bonchev–Trinajstić information content (AvgIpc) is 1.31. The smallest absolute Gasteiger partial charge is 0.111 e. The van der Waals surface area contributed by atoms with Gasteiger partial charge in [0, 0.05) is 21.1 Å². The molecule has 0 fully saturated rings. The van der Waals surface area contributed by atoms with Crippen molar-refractivity contribution in [2.24, 2.45) is 0 Å². The van der Waals surface area contributed by atoms with Crippen LogP contribution >= 0.6 is 0 Å². The topological polar surface area (TPSA) is 3.24 Å². The van der Waals surface area contributed by atoms with Crippen LogP contribution in [0.3, 0.4) is 0 Å². The van der Waals surface area contributed by atoms with E-state index in [1.165, 1.54) is 10.4 Å². The molecule has 0 atom stereocenters. The molecule has 0 bridgehead atoms. The van der Waals surface area contributed by atoms with Crippen LogP contribution in [0.1, 0.15) is 0 Å². The first-order chi connectivity index (χ1) is 2.94. The third-order valence-corrected chi connectivity index (χ3v) is 8.05. The number of rotatable bonds is 1. The van der Waals surface area contributed by atoms with E-state index in [0.29, 0.717) is 0 Å². The van der Waals surface area contributed by atoms with Crippen molar-refractivity contribution in [2.75, 3.05) is 7.05 Å². The van der Waals surface area contributed by atoms with Crippen LogP contribution in [0.15, 0.2) is 0 Å². The van der Waals surface area contributed by atoms with Gasteiger partial charge >= 0.3 is 0 Å². The molecule has 0 heterocycles. The molecule has 0 rings (SSSR count). The summed E-state index contributed by atoms with van der Waals surface area (Å²) < 4.78 is 2.47. The fourth-order valence-electron chi connectivity index (χ4n) is 0. The Kier molecular flexibility index (Phi) is 5.90. The van der Waals surface area contributed by atoms with Crippen LogP contribution in [0, 0.1) is 0 Å². The van der Waals surface area contributed by atoms with Crippen molar-refractivity contribution in [1.82, 2.24) is 4.23 Å². The minimum Gasteiger partial charge on any atom is -0.356 e. The average molecular weight is 328 g/mol. The van der Waals surface area contributed by atoms with Crippen LogP contribution < -0.4 is 0 Å². The van der Waals surface area contributed by atoms with Crippen molar-refractivity contribution in [3.05, 3.63) is 0 Å². The van der Waals surface area contributed by atoms with Crippen molar-refractivity contribution in [1.29, 1.82) is 0 Å². The van der Waals surface area contributed by atoms with Gasteiger partial charge in [-0.2, -0.15) is 0 Å². The molecule has 0 saturated carbocycles. The van der Waals surface area contributed by atoms with Crippen LogP contribution in [0.25, 0.3) is 0 Å². The van der Waals surface area contributed by atoms with Gasteiger partial charge in [-0.1, -0.05) is 19.6 Å². The molecule has 4 heteroatoms. The maximum absolute atomic E-state index is 2.47. The normalized spacial score (nSPS) is 11.6. The second-order valence-corrected chi connectivity index (χ2v) is 10.5. The fourth-order valence-corrected chi connectivity index (χ4v) is 0. The SMILES string of the molecule is CN([SiH3])[Si](C)(C)C.[Pt]. The van der Waals surface area contributed by atoms with Crippen molar-refractivity contribution in [3.63, 3.8) is 0 Å². The van der Waals surface area contributed by atoms with Gasteiger partial charge < -0.3 is 4.23 Å². The van der Waals surface area contributed by atoms with Crippen molar-refractivity contribution < 1.29 is 21.1 Å². The summed E-state index contributed by atoms with van der Waals surface area (Å²) in [7, 11) is 2.59. The minimum absolute atomic E-state index is 0. The Morgan fingerprint density at radius 3 is 1.38 bits per heavy atom. The molecule has 54 valence electrons. The van der Waals surface area contributed by atoms with E-state index in [-0.39, 0.29) is 21.1 Å². The molecule has 0 aliphatic heterocycles. The first-order valence-electron chi connectivity index (χ1n) is 2.62. The van der Waals surface area contributed by atoms with E-state index >= 15 is 0 Å². The fraction of sp³-hybridized carbons (Fsp3) is 1.00. The van der Waals surface area contributed by atoms with E-state index in [1.54, 1.807) is 0 Å². The molecule has 0 aromatic heterocycles. The predicted molar refractivity (Wildman–Crippen MR) is 41.0 cm³/mol. The van der Waals surface area contributed by atoms with Crippen LogP contribution in [0.5, 0.6) is 0 Å². The van der Waals surface area contributed by atoms with Crippen LogP contribution in [-0.2, 0) is 21.1 Å². The Labute approximate surface area is 70.7 Å². The van der Waals surface area contributed by atoms with Gasteiger partial charge in [-0.25, -0.2) is 0 Å². The van der Waals surface area contributed by atoms with Gasteiger partial charge in [0.2, 0.25) is 0 Å².